The SMILES string of the molecule is CN(CC(=O)N1CCC(C(=O)O)C1)S(=O)(=O)c1cccnc1. The van der Waals surface area contributed by atoms with Crippen molar-refractivity contribution in [3.63, 3.8) is 0 Å². The maximum Gasteiger partial charge on any atom is 0.308 e. The highest BCUT2D eigenvalue weighted by atomic mass is 32.2. The number of rotatable bonds is 5. The van der Waals surface area contributed by atoms with Crippen molar-refractivity contribution >= 4 is 21.9 Å². The molecule has 1 fully saturated rings. The predicted molar refractivity (Wildman–Crippen MR) is 76.4 cm³/mol. The van der Waals surface area contributed by atoms with E-state index in [1.165, 1.54) is 36.5 Å². The van der Waals surface area contributed by atoms with Gasteiger partial charge in [-0.25, -0.2) is 8.42 Å². The minimum absolute atomic E-state index is 0.00938. The van der Waals surface area contributed by atoms with Crippen LogP contribution in [0, 0.1) is 5.92 Å². The Bertz CT molecular complexity index is 662. The van der Waals surface area contributed by atoms with Crippen molar-refractivity contribution in [1.29, 1.82) is 0 Å². The van der Waals surface area contributed by atoms with E-state index in [4.69, 9.17) is 5.11 Å². The van der Waals surface area contributed by atoms with Gasteiger partial charge in [0.15, 0.2) is 0 Å². The van der Waals surface area contributed by atoms with Crippen LogP contribution in [0.25, 0.3) is 0 Å². The average molecular weight is 327 g/mol. The number of carboxylic acid groups (broad SMARTS) is 1. The highest BCUT2D eigenvalue weighted by molar-refractivity contribution is 7.89. The van der Waals surface area contributed by atoms with Crippen molar-refractivity contribution < 1.29 is 23.1 Å². The summed E-state index contributed by atoms with van der Waals surface area (Å²) in [6.45, 7) is 0.120. The third-order valence-corrected chi connectivity index (χ3v) is 5.38. The number of hydrogen-bond donors (Lipinski definition) is 1. The Morgan fingerprint density at radius 3 is 2.77 bits per heavy atom. The highest BCUT2D eigenvalue weighted by Crippen LogP contribution is 2.18. The number of aliphatic carboxylic acids is 1. The van der Waals surface area contributed by atoms with E-state index in [1.807, 2.05) is 0 Å². The summed E-state index contributed by atoms with van der Waals surface area (Å²) >= 11 is 0. The lowest BCUT2D eigenvalue weighted by atomic mass is 10.1. The summed E-state index contributed by atoms with van der Waals surface area (Å²) in [6.07, 6.45) is 3.06. The van der Waals surface area contributed by atoms with Crippen molar-refractivity contribution in [1.82, 2.24) is 14.2 Å². The number of likely N-dealkylation sites (tertiary alicyclic amines) is 1. The number of carbonyl (C=O) groups is 2. The average Bonchev–Trinajstić information content (AvgIpc) is 2.98. The molecular formula is C13H17N3O5S. The Kier molecular flexibility index (Phi) is 4.77. The number of aromatic nitrogens is 1. The van der Waals surface area contributed by atoms with Crippen LogP contribution in [-0.2, 0) is 19.6 Å². The van der Waals surface area contributed by atoms with E-state index in [9.17, 15) is 18.0 Å². The van der Waals surface area contributed by atoms with Crippen LogP contribution >= 0.6 is 0 Å². The molecule has 0 aliphatic carbocycles. The van der Waals surface area contributed by atoms with Crippen LogP contribution in [0.15, 0.2) is 29.4 Å². The minimum atomic E-state index is -3.79. The molecule has 1 unspecified atom stereocenters. The third-order valence-electron chi connectivity index (χ3n) is 3.59. The first-order valence-corrected chi connectivity index (χ1v) is 8.13. The normalized spacial score (nSPS) is 18.6. The van der Waals surface area contributed by atoms with E-state index in [0.717, 1.165) is 4.31 Å². The summed E-state index contributed by atoms with van der Waals surface area (Å²) in [6, 6.07) is 2.90. The van der Waals surface area contributed by atoms with Crippen molar-refractivity contribution in [2.45, 2.75) is 11.3 Å². The summed E-state index contributed by atoms with van der Waals surface area (Å²) < 4.78 is 25.5. The van der Waals surface area contributed by atoms with Crippen molar-refractivity contribution in [3.05, 3.63) is 24.5 Å². The molecule has 1 amide bonds. The topological polar surface area (TPSA) is 108 Å². The zero-order valence-electron chi connectivity index (χ0n) is 12.0. The van der Waals surface area contributed by atoms with E-state index in [-0.39, 0.29) is 18.0 Å². The first kappa shape index (κ1) is 16.4. The van der Waals surface area contributed by atoms with Gasteiger partial charge in [0.2, 0.25) is 15.9 Å². The molecule has 1 aromatic heterocycles. The number of carboxylic acids is 1. The van der Waals surface area contributed by atoms with Crippen LogP contribution in [0.3, 0.4) is 0 Å². The van der Waals surface area contributed by atoms with Gasteiger partial charge in [0, 0.05) is 32.5 Å². The molecule has 1 N–H and O–H groups in total. The maximum atomic E-state index is 12.3. The second-order valence-electron chi connectivity index (χ2n) is 5.11. The molecule has 0 saturated carbocycles. The first-order chi connectivity index (χ1) is 10.3. The molecule has 1 aromatic rings. The molecule has 0 radical (unpaired) electrons. The fraction of sp³-hybridized carbons (Fsp3) is 0.462. The van der Waals surface area contributed by atoms with Gasteiger partial charge in [0.1, 0.15) is 4.90 Å². The highest BCUT2D eigenvalue weighted by Gasteiger charge is 2.32. The Labute approximate surface area is 128 Å². The summed E-state index contributed by atoms with van der Waals surface area (Å²) in [5.74, 6) is -1.92. The molecule has 1 atom stereocenters. The van der Waals surface area contributed by atoms with E-state index < -0.39 is 27.8 Å². The molecule has 8 nitrogen and oxygen atoms in total. The molecule has 9 heteroatoms. The fourth-order valence-electron chi connectivity index (χ4n) is 2.24. The molecule has 1 aliphatic rings. The van der Waals surface area contributed by atoms with Gasteiger partial charge in [-0.3, -0.25) is 14.6 Å². The summed E-state index contributed by atoms with van der Waals surface area (Å²) in [4.78, 5) is 28.1. The van der Waals surface area contributed by atoms with E-state index in [1.54, 1.807) is 0 Å². The Morgan fingerprint density at radius 2 is 2.23 bits per heavy atom. The molecule has 0 spiro atoms. The van der Waals surface area contributed by atoms with Crippen molar-refractivity contribution in [2.75, 3.05) is 26.7 Å². The van der Waals surface area contributed by atoms with Gasteiger partial charge in [-0.1, -0.05) is 0 Å². The zero-order valence-corrected chi connectivity index (χ0v) is 12.9. The van der Waals surface area contributed by atoms with Crippen LogP contribution in [0.2, 0.25) is 0 Å². The number of sulfonamides is 1. The van der Waals surface area contributed by atoms with Gasteiger partial charge in [0.25, 0.3) is 0 Å². The lowest BCUT2D eigenvalue weighted by molar-refractivity contribution is -0.141. The quantitative estimate of drug-likeness (QED) is 0.791. The number of amides is 1. The Hall–Kier alpha value is -2.00. The Balaban J connectivity index is 2.02. The first-order valence-electron chi connectivity index (χ1n) is 6.69. The van der Waals surface area contributed by atoms with Gasteiger partial charge in [-0.05, 0) is 18.6 Å². The van der Waals surface area contributed by atoms with Gasteiger partial charge in [-0.2, -0.15) is 4.31 Å². The Morgan fingerprint density at radius 1 is 1.50 bits per heavy atom. The van der Waals surface area contributed by atoms with Crippen LogP contribution in [0.1, 0.15) is 6.42 Å². The standard InChI is InChI=1S/C13H17N3O5S/c1-15(22(20,21)11-3-2-5-14-7-11)9-12(17)16-6-4-10(8-16)13(18)19/h2-3,5,7,10H,4,6,8-9H2,1H3,(H,18,19). The van der Waals surface area contributed by atoms with Crippen LogP contribution in [0.5, 0.6) is 0 Å². The summed E-state index contributed by atoms with van der Waals surface area (Å²) in [7, 11) is -2.48. The molecule has 0 bridgehead atoms. The molecule has 2 rings (SSSR count). The van der Waals surface area contributed by atoms with E-state index in [2.05, 4.69) is 4.98 Å². The minimum Gasteiger partial charge on any atom is -0.481 e. The molecule has 1 saturated heterocycles. The van der Waals surface area contributed by atoms with Crippen molar-refractivity contribution in [3.8, 4) is 0 Å². The molecule has 1 aliphatic heterocycles. The molecule has 2 heterocycles. The van der Waals surface area contributed by atoms with Gasteiger partial charge >= 0.3 is 5.97 Å². The zero-order chi connectivity index (χ0) is 16.3. The molecule has 22 heavy (non-hydrogen) atoms. The number of nitrogens with zero attached hydrogens (tertiary/aromatic N) is 3. The van der Waals surface area contributed by atoms with Gasteiger partial charge in [-0.15, -0.1) is 0 Å². The molecule has 0 aromatic carbocycles. The van der Waals surface area contributed by atoms with Gasteiger partial charge < -0.3 is 10.0 Å². The second kappa shape index (κ2) is 6.41. The van der Waals surface area contributed by atoms with Crippen molar-refractivity contribution in [2.24, 2.45) is 5.92 Å². The van der Waals surface area contributed by atoms with Gasteiger partial charge in [0.05, 0.1) is 12.5 Å². The monoisotopic (exact) mass is 327 g/mol. The number of hydrogen-bond acceptors (Lipinski definition) is 5. The van der Waals surface area contributed by atoms with Crippen LogP contribution in [0.4, 0.5) is 0 Å². The third kappa shape index (κ3) is 3.42. The fourth-order valence-corrected chi connectivity index (χ4v) is 3.33. The maximum absolute atomic E-state index is 12.3. The number of carbonyl (C=O) groups excluding carboxylic acids is 1. The number of pyridine rings is 1. The van der Waals surface area contributed by atoms with E-state index in [0.29, 0.717) is 13.0 Å². The smallest absolute Gasteiger partial charge is 0.308 e. The predicted octanol–water partition coefficient (Wildman–Crippen LogP) is -0.365. The molecule has 120 valence electrons. The molecular weight excluding hydrogens is 310 g/mol. The number of likely N-dealkylation sites (N-methyl/N-ethyl adjacent to an activating group) is 1. The van der Waals surface area contributed by atoms with Crippen LogP contribution < -0.4 is 0 Å². The lowest BCUT2D eigenvalue weighted by Crippen LogP contribution is -2.40. The largest absolute Gasteiger partial charge is 0.481 e. The lowest BCUT2D eigenvalue weighted by Gasteiger charge is -2.21. The van der Waals surface area contributed by atoms with Crippen LogP contribution in [-0.4, -0.2) is 66.3 Å². The van der Waals surface area contributed by atoms with E-state index >= 15 is 0 Å². The summed E-state index contributed by atoms with van der Waals surface area (Å²) in [5.41, 5.74) is 0. The summed E-state index contributed by atoms with van der Waals surface area (Å²) in [5, 5.41) is 8.92. The second-order valence-corrected chi connectivity index (χ2v) is 7.16.